The van der Waals surface area contributed by atoms with E-state index in [0.29, 0.717) is 17.5 Å². The number of rotatable bonds is 6. The lowest BCUT2D eigenvalue weighted by molar-refractivity contribution is 0.378. The molecule has 2 heterocycles. The van der Waals surface area contributed by atoms with Crippen molar-refractivity contribution in [3.63, 3.8) is 0 Å². The number of nitrogens with zero attached hydrogens (tertiary/aromatic N) is 5. The number of hydrogen-bond acceptors (Lipinski definition) is 6. The molecule has 2 aromatic heterocycles. The normalized spacial score (nSPS) is 11.1. The molecule has 0 aliphatic heterocycles. The van der Waals surface area contributed by atoms with Crippen molar-refractivity contribution < 1.29 is 4.52 Å². The summed E-state index contributed by atoms with van der Waals surface area (Å²) in [7, 11) is 0. The van der Waals surface area contributed by atoms with Crippen molar-refractivity contribution in [2.75, 3.05) is 0 Å². The fraction of sp³-hybridized carbons (Fsp3) is 0.238. The highest BCUT2D eigenvalue weighted by atomic mass is 32.2. The van der Waals surface area contributed by atoms with Crippen LogP contribution in [0.3, 0.4) is 0 Å². The Hall–Kier alpha value is -2.93. The summed E-state index contributed by atoms with van der Waals surface area (Å²) in [6, 6.07) is 16.5. The number of hydrogen-bond donors (Lipinski definition) is 0. The monoisotopic (exact) mass is 391 g/mol. The van der Waals surface area contributed by atoms with Crippen molar-refractivity contribution >= 4 is 11.8 Å². The molecule has 0 radical (unpaired) electrons. The Bertz CT molecular complexity index is 1090. The van der Waals surface area contributed by atoms with Crippen LogP contribution in [0.4, 0.5) is 0 Å². The van der Waals surface area contributed by atoms with Gasteiger partial charge in [0, 0.05) is 12.0 Å². The smallest absolute Gasteiger partial charge is 0.226 e. The lowest BCUT2D eigenvalue weighted by Crippen LogP contribution is -2.01. The molecule has 0 unspecified atom stereocenters. The van der Waals surface area contributed by atoms with Gasteiger partial charge in [-0.2, -0.15) is 4.98 Å². The number of aromatic nitrogens is 5. The summed E-state index contributed by atoms with van der Waals surface area (Å²) in [6.45, 7) is 6.22. The minimum absolute atomic E-state index is 0.571. The van der Waals surface area contributed by atoms with Gasteiger partial charge in [-0.3, -0.25) is 4.57 Å². The number of benzene rings is 2. The summed E-state index contributed by atoms with van der Waals surface area (Å²) < 4.78 is 7.29. The largest absolute Gasteiger partial charge is 0.339 e. The minimum Gasteiger partial charge on any atom is -0.339 e. The molecule has 6 nitrogen and oxygen atoms in total. The molecule has 0 amide bonds. The SMILES string of the molecule is CCc1nc(CSc2nnc(-c3ccccc3)n2-c2ccc(C)c(C)c2)no1. The van der Waals surface area contributed by atoms with Gasteiger partial charge in [-0.25, -0.2) is 0 Å². The van der Waals surface area contributed by atoms with E-state index in [1.54, 1.807) is 11.8 Å². The molecule has 0 aliphatic rings. The van der Waals surface area contributed by atoms with Crippen molar-refractivity contribution in [3.05, 3.63) is 71.4 Å². The van der Waals surface area contributed by atoms with Crippen LogP contribution in [0.1, 0.15) is 29.8 Å². The molecular formula is C21H21N5OS. The second-order valence-electron chi connectivity index (χ2n) is 6.52. The van der Waals surface area contributed by atoms with Crippen molar-refractivity contribution in [1.82, 2.24) is 24.9 Å². The number of aryl methyl sites for hydroxylation is 3. The maximum atomic E-state index is 5.20. The van der Waals surface area contributed by atoms with Gasteiger partial charge in [0.05, 0.1) is 11.4 Å². The van der Waals surface area contributed by atoms with Gasteiger partial charge in [-0.05, 0) is 37.1 Å². The lowest BCUT2D eigenvalue weighted by Gasteiger charge is -2.12. The maximum Gasteiger partial charge on any atom is 0.226 e. The lowest BCUT2D eigenvalue weighted by atomic mass is 10.1. The second-order valence-corrected chi connectivity index (χ2v) is 7.47. The van der Waals surface area contributed by atoms with E-state index in [9.17, 15) is 0 Å². The van der Waals surface area contributed by atoms with Crippen LogP contribution >= 0.6 is 11.8 Å². The summed E-state index contributed by atoms with van der Waals surface area (Å²) >= 11 is 1.55. The number of thioether (sulfide) groups is 1. The molecular weight excluding hydrogens is 370 g/mol. The van der Waals surface area contributed by atoms with E-state index in [2.05, 4.69) is 57.0 Å². The maximum absolute atomic E-state index is 5.20. The fourth-order valence-electron chi connectivity index (χ4n) is 2.86. The molecule has 0 saturated carbocycles. The zero-order valence-corrected chi connectivity index (χ0v) is 16.9. The quantitative estimate of drug-likeness (QED) is 0.440. The molecule has 0 atom stereocenters. The molecule has 28 heavy (non-hydrogen) atoms. The van der Waals surface area contributed by atoms with Gasteiger partial charge in [0.15, 0.2) is 16.8 Å². The van der Waals surface area contributed by atoms with E-state index in [4.69, 9.17) is 4.52 Å². The fourth-order valence-corrected chi connectivity index (χ4v) is 3.65. The predicted molar refractivity (Wildman–Crippen MR) is 110 cm³/mol. The van der Waals surface area contributed by atoms with Gasteiger partial charge in [-0.15, -0.1) is 10.2 Å². The molecule has 0 saturated heterocycles. The third-order valence-corrected chi connectivity index (χ3v) is 5.48. The van der Waals surface area contributed by atoms with Gasteiger partial charge in [0.2, 0.25) is 5.89 Å². The van der Waals surface area contributed by atoms with E-state index in [1.165, 1.54) is 11.1 Å². The van der Waals surface area contributed by atoms with Crippen molar-refractivity contribution in [3.8, 4) is 17.1 Å². The van der Waals surface area contributed by atoms with Crippen molar-refractivity contribution in [1.29, 1.82) is 0 Å². The molecule has 142 valence electrons. The van der Waals surface area contributed by atoms with Crippen LogP contribution in [-0.4, -0.2) is 24.9 Å². The molecule has 0 N–H and O–H groups in total. The molecule has 0 bridgehead atoms. The zero-order chi connectivity index (χ0) is 19.5. The average molecular weight is 392 g/mol. The van der Waals surface area contributed by atoms with E-state index in [1.807, 2.05) is 37.3 Å². The highest BCUT2D eigenvalue weighted by molar-refractivity contribution is 7.98. The zero-order valence-electron chi connectivity index (χ0n) is 16.1. The molecule has 4 rings (SSSR count). The van der Waals surface area contributed by atoms with Gasteiger partial charge in [0.1, 0.15) is 0 Å². The molecule has 0 fully saturated rings. The highest BCUT2D eigenvalue weighted by Gasteiger charge is 2.17. The van der Waals surface area contributed by atoms with Gasteiger partial charge < -0.3 is 4.52 Å². The van der Waals surface area contributed by atoms with Crippen LogP contribution in [0.5, 0.6) is 0 Å². The summed E-state index contributed by atoms with van der Waals surface area (Å²) in [5, 5.41) is 13.8. The molecule has 7 heteroatoms. The van der Waals surface area contributed by atoms with Crippen LogP contribution in [0.25, 0.3) is 17.1 Å². The first-order valence-electron chi connectivity index (χ1n) is 9.18. The Morgan fingerprint density at radius 3 is 2.54 bits per heavy atom. The predicted octanol–water partition coefficient (Wildman–Crippen LogP) is 4.79. The van der Waals surface area contributed by atoms with E-state index in [0.717, 1.165) is 28.7 Å². The van der Waals surface area contributed by atoms with Crippen LogP contribution in [0.15, 0.2) is 58.2 Å². The Morgan fingerprint density at radius 2 is 1.82 bits per heavy atom. The average Bonchev–Trinajstić information content (AvgIpc) is 3.36. The Kier molecular flexibility index (Phi) is 5.25. The van der Waals surface area contributed by atoms with E-state index >= 15 is 0 Å². The Labute approximate surface area is 168 Å². The summed E-state index contributed by atoms with van der Waals surface area (Å²) in [6.07, 6.45) is 0.731. The minimum atomic E-state index is 0.571. The van der Waals surface area contributed by atoms with E-state index < -0.39 is 0 Å². The van der Waals surface area contributed by atoms with Crippen LogP contribution < -0.4 is 0 Å². The van der Waals surface area contributed by atoms with E-state index in [-0.39, 0.29) is 0 Å². The second kappa shape index (κ2) is 7.98. The first-order chi connectivity index (χ1) is 13.7. The van der Waals surface area contributed by atoms with Gasteiger partial charge in [-0.1, -0.05) is 60.2 Å². The summed E-state index contributed by atoms with van der Waals surface area (Å²) in [5.41, 5.74) is 4.54. The molecule has 0 spiro atoms. The van der Waals surface area contributed by atoms with Gasteiger partial charge >= 0.3 is 0 Å². The van der Waals surface area contributed by atoms with Crippen molar-refractivity contribution in [2.24, 2.45) is 0 Å². The molecule has 4 aromatic rings. The summed E-state index contributed by atoms with van der Waals surface area (Å²) in [4.78, 5) is 4.38. The first kappa shape index (κ1) is 18.4. The molecule has 0 aliphatic carbocycles. The third-order valence-electron chi connectivity index (χ3n) is 4.56. The van der Waals surface area contributed by atoms with Gasteiger partial charge in [0.25, 0.3) is 0 Å². The van der Waals surface area contributed by atoms with Crippen LogP contribution in [0, 0.1) is 13.8 Å². The molecule has 2 aromatic carbocycles. The topological polar surface area (TPSA) is 69.6 Å². The standard InChI is InChI=1S/C21H21N5OS/c1-4-19-22-18(25-27-19)13-28-21-24-23-20(16-8-6-5-7-9-16)26(21)17-11-10-14(2)15(3)12-17/h5-12H,4,13H2,1-3H3. The van der Waals surface area contributed by atoms with Crippen LogP contribution in [-0.2, 0) is 12.2 Å². The Balaban J connectivity index is 1.73. The Morgan fingerprint density at radius 1 is 1.00 bits per heavy atom. The van der Waals surface area contributed by atoms with Crippen molar-refractivity contribution in [2.45, 2.75) is 38.1 Å². The first-order valence-corrected chi connectivity index (χ1v) is 10.2. The summed E-state index contributed by atoms with van der Waals surface area (Å²) in [5.74, 6) is 2.70. The highest BCUT2D eigenvalue weighted by Crippen LogP contribution is 2.30. The third kappa shape index (κ3) is 3.71. The van der Waals surface area contributed by atoms with Crippen LogP contribution in [0.2, 0.25) is 0 Å².